The smallest absolute Gasteiger partial charge is 0.255 e. The van der Waals surface area contributed by atoms with Gasteiger partial charge in [-0.1, -0.05) is 24.8 Å². The highest BCUT2D eigenvalue weighted by molar-refractivity contribution is 8.38. The Morgan fingerprint density at radius 1 is 1.18 bits per heavy atom. The minimum absolute atomic E-state index is 0.0265. The number of Topliss-reactive ketones (excluding diaryl/α,β-unsaturated/α-hetero) is 2. The topological polar surface area (TPSA) is 175 Å². The molecule has 0 aliphatic heterocycles. The van der Waals surface area contributed by atoms with Gasteiger partial charge >= 0.3 is 0 Å². The van der Waals surface area contributed by atoms with E-state index in [0.717, 1.165) is 23.5 Å². The van der Waals surface area contributed by atoms with Gasteiger partial charge in [0.1, 0.15) is 22.8 Å². The number of hydrogen-bond acceptors (Lipinski definition) is 10. The number of nitrogens with two attached hydrogens (primary N) is 1. The molecule has 1 fully saturated rings. The molecule has 3 atom stereocenters. The first-order chi connectivity index (χ1) is 15.5. The van der Waals surface area contributed by atoms with Crippen molar-refractivity contribution >= 4 is 51.2 Å². The number of carbonyl (C=O) groups excluding carboxylic acids is 4. The number of ketones is 2. The summed E-state index contributed by atoms with van der Waals surface area (Å²) in [6.07, 6.45) is -0.0592. The number of fused-ring (bicyclic) bond motifs is 3. The van der Waals surface area contributed by atoms with E-state index in [0.29, 0.717) is 11.3 Å². The van der Waals surface area contributed by atoms with Crippen LogP contribution in [0.2, 0.25) is 0 Å². The van der Waals surface area contributed by atoms with Gasteiger partial charge in [0.25, 0.3) is 10.4 Å². The normalized spacial score (nSPS) is 26.6. The lowest BCUT2D eigenvalue weighted by atomic mass is 9.59. The maximum Gasteiger partial charge on any atom is 0.255 e. The van der Waals surface area contributed by atoms with E-state index in [1.54, 1.807) is 12.1 Å². The number of phenolic OH excluding ortho intramolecular Hbond substituents is 1. The molecule has 0 heterocycles. The second-order valence-corrected chi connectivity index (χ2v) is 10.6. The SMILES string of the molecule is CCSC(=O)Sc1ccc2c(c1O)C(O)=C1C(=O)[C@]3(O)C(O)=C(C(N)=O)C(=O)C[C@@H]3C[C@@H]1C2. The van der Waals surface area contributed by atoms with Crippen LogP contribution in [0.1, 0.15) is 30.9 Å². The van der Waals surface area contributed by atoms with Crippen molar-refractivity contribution in [2.75, 3.05) is 5.75 Å². The molecule has 0 unspecified atom stereocenters. The molecule has 1 saturated carbocycles. The molecular weight excluding hydrogens is 470 g/mol. The Morgan fingerprint density at radius 3 is 2.52 bits per heavy atom. The summed E-state index contributed by atoms with van der Waals surface area (Å²) >= 11 is 1.85. The fourth-order valence-electron chi connectivity index (χ4n) is 4.90. The lowest BCUT2D eigenvalue weighted by Crippen LogP contribution is -2.58. The van der Waals surface area contributed by atoms with Crippen molar-refractivity contribution in [1.82, 2.24) is 0 Å². The minimum atomic E-state index is -2.59. The van der Waals surface area contributed by atoms with E-state index >= 15 is 0 Å². The Hall–Kier alpha value is -2.76. The fourth-order valence-corrected chi connectivity index (χ4v) is 6.51. The summed E-state index contributed by atoms with van der Waals surface area (Å²) in [6.45, 7) is 1.81. The van der Waals surface area contributed by atoms with Gasteiger partial charge in [0.05, 0.1) is 10.5 Å². The van der Waals surface area contributed by atoms with E-state index in [9.17, 15) is 39.6 Å². The van der Waals surface area contributed by atoms with E-state index in [1.807, 2.05) is 6.92 Å². The van der Waals surface area contributed by atoms with Crippen molar-refractivity contribution in [2.45, 2.75) is 36.7 Å². The van der Waals surface area contributed by atoms with E-state index in [2.05, 4.69) is 0 Å². The largest absolute Gasteiger partial charge is 0.508 e. The summed E-state index contributed by atoms with van der Waals surface area (Å²) < 4.78 is -0.250. The molecule has 1 aromatic rings. The van der Waals surface area contributed by atoms with Crippen LogP contribution in [0.3, 0.4) is 0 Å². The number of aliphatic hydroxyl groups excluding tert-OH is 2. The number of thioether (sulfide) groups is 2. The Bertz CT molecular complexity index is 1190. The fraction of sp³-hybridized carbons (Fsp3) is 0.364. The third-order valence-electron chi connectivity index (χ3n) is 6.35. The third-order valence-corrected chi connectivity index (χ3v) is 8.20. The van der Waals surface area contributed by atoms with Crippen molar-refractivity contribution in [3.8, 4) is 5.75 Å². The van der Waals surface area contributed by atoms with Crippen molar-refractivity contribution in [3.63, 3.8) is 0 Å². The van der Waals surface area contributed by atoms with Crippen molar-refractivity contribution in [1.29, 1.82) is 0 Å². The summed E-state index contributed by atoms with van der Waals surface area (Å²) in [5.41, 5.74) is 2.05. The second kappa shape index (κ2) is 8.23. The third kappa shape index (κ3) is 3.46. The zero-order chi connectivity index (χ0) is 24.2. The van der Waals surface area contributed by atoms with E-state index in [1.165, 1.54) is 0 Å². The summed E-state index contributed by atoms with van der Waals surface area (Å²) in [5.74, 6) is -6.16. The lowest BCUT2D eigenvalue weighted by Gasteiger charge is -2.46. The molecule has 6 N–H and O–H groups in total. The van der Waals surface area contributed by atoms with E-state index in [-0.39, 0.29) is 45.5 Å². The highest BCUT2D eigenvalue weighted by Crippen LogP contribution is 2.52. The van der Waals surface area contributed by atoms with Gasteiger partial charge in [0.2, 0.25) is 5.78 Å². The molecule has 174 valence electrons. The average molecular weight is 492 g/mol. The highest BCUT2D eigenvalue weighted by atomic mass is 32.2. The van der Waals surface area contributed by atoms with Crippen LogP contribution in [0.15, 0.2) is 33.9 Å². The van der Waals surface area contributed by atoms with Crippen molar-refractivity contribution in [2.24, 2.45) is 17.6 Å². The highest BCUT2D eigenvalue weighted by Gasteiger charge is 2.60. The summed E-state index contributed by atoms with van der Waals surface area (Å²) in [6, 6.07) is 3.21. The molecule has 3 aliphatic carbocycles. The molecule has 33 heavy (non-hydrogen) atoms. The van der Waals surface area contributed by atoms with Gasteiger partial charge in [-0.2, -0.15) is 0 Å². The summed E-state index contributed by atoms with van der Waals surface area (Å²) in [4.78, 5) is 49.6. The van der Waals surface area contributed by atoms with Crippen molar-refractivity contribution in [3.05, 3.63) is 40.2 Å². The Labute approximate surface area is 196 Å². The zero-order valence-electron chi connectivity index (χ0n) is 17.5. The quantitative estimate of drug-likeness (QED) is 0.312. The van der Waals surface area contributed by atoms with Crippen LogP contribution >= 0.6 is 23.5 Å². The Balaban J connectivity index is 1.83. The van der Waals surface area contributed by atoms with Crippen LogP contribution in [0.4, 0.5) is 4.79 Å². The van der Waals surface area contributed by atoms with Crippen LogP contribution in [0, 0.1) is 11.8 Å². The molecular formula is C22H21NO8S2. The maximum atomic E-state index is 13.4. The van der Waals surface area contributed by atoms with Gasteiger partial charge < -0.3 is 26.2 Å². The summed E-state index contributed by atoms with van der Waals surface area (Å²) in [5, 5.41) is 43.5. The van der Waals surface area contributed by atoms with Crippen molar-refractivity contribution < 1.29 is 39.6 Å². The van der Waals surface area contributed by atoms with Gasteiger partial charge in [-0.25, -0.2) is 0 Å². The molecule has 4 rings (SSSR count). The molecule has 0 radical (unpaired) electrons. The van der Waals surface area contributed by atoms with Crippen LogP contribution in [-0.4, -0.2) is 53.7 Å². The van der Waals surface area contributed by atoms with Crippen LogP contribution in [0.25, 0.3) is 5.76 Å². The molecule has 1 aromatic carbocycles. The minimum Gasteiger partial charge on any atom is -0.508 e. The molecule has 9 nitrogen and oxygen atoms in total. The van der Waals surface area contributed by atoms with E-state index < -0.39 is 52.0 Å². The molecule has 0 aromatic heterocycles. The molecule has 3 aliphatic rings. The van der Waals surface area contributed by atoms with Crippen LogP contribution in [0.5, 0.6) is 5.75 Å². The first-order valence-corrected chi connectivity index (χ1v) is 12.0. The molecule has 0 bridgehead atoms. The molecule has 11 heteroatoms. The predicted octanol–water partition coefficient (Wildman–Crippen LogP) is 2.39. The Morgan fingerprint density at radius 2 is 1.88 bits per heavy atom. The number of phenols is 1. The van der Waals surface area contributed by atoms with Crippen LogP contribution < -0.4 is 5.73 Å². The molecule has 1 amide bonds. The number of hydrogen-bond donors (Lipinski definition) is 5. The number of aliphatic hydroxyl groups is 3. The summed E-state index contributed by atoms with van der Waals surface area (Å²) in [7, 11) is 0. The van der Waals surface area contributed by atoms with E-state index in [4.69, 9.17) is 5.73 Å². The number of rotatable bonds is 3. The van der Waals surface area contributed by atoms with Gasteiger partial charge in [-0.3, -0.25) is 19.2 Å². The maximum absolute atomic E-state index is 13.4. The van der Waals surface area contributed by atoms with Gasteiger partial charge in [0.15, 0.2) is 11.4 Å². The number of benzene rings is 1. The van der Waals surface area contributed by atoms with Gasteiger partial charge in [-0.15, -0.1) is 0 Å². The first kappa shape index (κ1) is 23.4. The zero-order valence-corrected chi connectivity index (χ0v) is 19.1. The van der Waals surface area contributed by atoms with Gasteiger partial charge in [0, 0.05) is 17.9 Å². The average Bonchev–Trinajstić information content (AvgIpc) is 2.72. The first-order valence-electron chi connectivity index (χ1n) is 10.2. The predicted molar refractivity (Wildman–Crippen MR) is 121 cm³/mol. The lowest BCUT2D eigenvalue weighted by molar-refractivity contribution is -0.147. The molecule has 0 saturated heterocycles. The monoisotopic (exact) mass is 491 g/mol. The second-order valence-electron chi connectivity index (χ2n) is 8.14. The number of carbonyl (C=O) groups is 4. The standard InChI is InChI=1S/C22H21NO8S2/c1-2-32-21(30)33-12-4-3-8-5-9-6-10-7-11(24)15(20(23)29)19(28)22(10,31)18(27)14(9)17(26)13(8)16(12)25/h3-4,9-10,25-26,28,31H,2,5-7H2,1H3,(H2,23,29)/t9-,10-,22-/m0/s1. The molecule has 0 spiro atoms. The number of amides is 1. The van der Waals surface area contributed by atoms with Crippen LogP contribution in [-0.2, 0) is 20.8 Å². The Kier molecular flexibility index (Phi) is 5.83. The number of primary amides is 1. The van der Waals surface area contributed by atoms with Gasteiger partial charge in [-0.05, 0) is 47.9 Å². The number of aromatic hydroxyl groups is 1.